The third-order valence-electron chi connectivity index (χ3n) is 4.15. The zero-order valence-corrected chi connectivity index (χ0v) is 18.1. The van der Waals surface area contributed by atoms with Gasteiger partial charge in [0.2, 0.25) is 0 Å². The van der Waals surface area contributed by atoms with Crippen molar-refractivity contribution >= 4 is 29.9 Å². The van der Waals surface area contributed by atoms with Crippen molar-refractivity contribution in [1.82, 2.24) is 25.4 Å². The number of rotatable bonds is 7. The molecule has 1 aliphatic rings. The van der Waals surface area contributed by atoms with Gasteiger partial charge >= 0.3 is 0 Å². The van der Waals surface area contributed by atoms with Gasteiger partial charge in [0.25, 0.3) is 0 Å². The molecule has 1 atom stereocenters. The van der Waals surface area contributed by atoms with Crippen molar-refractivity contribution in [2.75, 3.05) is 27.3 Å². The first-order valence-corrected chi connectivity index (χ1v) is 8.85. The Morgan fingerprint density at radius 1 is 1.33 bits per heavy atom. The van der Waals surface area contributed by atoms with Gasteiger partial charge in [0.1, 0.15) is 24.8 Å². The van der Waals surface area contributed by atoms with E-state index in [2.05, 4.69) is 25.7 Å². The molecule has 1 aromatic heterocycles. The van der Waals surface area contributed by atoms with Crippen LogP contribution >= 0.6 is 24.0 Å². The highest BCUT2D eigenvalue weighted by Crippen LogP contribution is 2.13. The Kier molecular flexibility index (Phi) is 8.79. The molecule has 2 N–H and O–H groups in total. The van der Waals surface area contributed by atoms with E-state index < -0.39 is 0 Å². The number of aliphatic imine (C=N–C) groups is 1. The Balaban J connectivity index is 0.00000261. The van der Waals surface area contributed by atoms with Gasteiger partial charge in [0.05, 0.1) is 13.1 Å². The lowest BCUT2D eigenvalue weighted by atomic mass is 10.1. The van der Waals surface area contributed by atoms with Gasteiger partial charge in [0.15, 0.2) is 11.8 Å². The van der Waals surface area contributed by atoms with Gasteiger partial charge in [-0.3, -0.25) is 4.99 Å². The van der Waals surface area contributed by atoms with Gasteiger partial charge < -0.3 is 20.1 Å². The maximum Gasteiger partial charge on any atom is 0.191 e. The van der Waals surface area contributed by atoms with Crippen LogP contribution in [0.25, 0.3) is 0 Å². The molecule has 27 heavy (non-hydrogen) atoms. The number of halogens is 1. The monoisotopic (exact) mass is 486 g/mol. The van der Waals surface area contributed by atoms with E-state index in [4.69, 9.17) is 9.47 Å². The molecule has 0 aliphatic carbocycles. The number of methoxy groups -OCH3 is 1. The smallest absolute Gasteiger partial charge is 0.191 e. The molecule has 2 heterocycles. The SMILES string of the molecule is CN=C(NCCOc1ccccc1)NC1CCc2nc(COC)nn2C1.I. The summed E-state index contributed by atoms with van der Waals surface area (Å²) in [6, 6.07) is 10.1. The summed E-state index contributed by atoms with van der Waals surface area (Å²) in [6.07, 6.45) is 1.88. The highest BCUT2D eigenvalue weighted by molar-refractivity contribution is 14.0. The first-order chi connectivity index (χ1) is 12.8. The molecule has 0 saturated heterocycles. The minimum atomic E-state index is 0. The summed E-state index contributed by atoms with van der Waals surface area (Å²) in [5.74, 6) is 3.40. The fourth-order valence-corrected chi connectivity index (χ4v) is 2.91. The van der Waals surface area contributed by atoms with E-state index in [0.717, 1.165) is 42.7 Å². The molecule has 9 heteroatoms. The maximum absolute atomic E-state index is 5.68. The fourth-order valence-electron chi connectivity index (χ4n) is 2.91. The third kappa shape index (κ3) is 6.35. The van der Waals surface area contributed by atoms with Crippen LogP contribution in [0, 0.1) is 0 Å². The first kappa shape index (κ1) is 21.4. The van der Waals surface area contributed by atoms with Gasteiger partial charge in [-0.1, -0.05) is 18.2 Å². The van der Waals surface area contributed by atoms with Gasteiger partial charge in [-0.25, -0.2) is 9.67 Å². The Hall–Kier alpha value is -1.88. The number of ether oxygens (including phenoxy) is 2. The number of para-hydroxylation sites is 1. The number of nitrogens with one attached hydrogen (secondary N) is 2. The quantitative estimate of drug-likeness (QED) is 0.268. The highest BCUT2D eigenvalue weighted by Gasteiger charge is 2.22. The summed E-state index contributed by atoms with van der Waals surface area (Å²) in [5, 5.41) is 11.2. The van der Waals surface area contributed by atoms with Crippen molar-refractivity contribution in [3.8, 4) is 5.75 Å². The van der Waals surface area contributed by atoms with Crippen LogP contribution in [0.4, 0.5) is 0 Å². The van der Waals surface area contributed by atoms with Crippen LogP contribution in [-0.2, 0) is 24.3 Å². The van der Waals surface area contributed by atoms with Gasteiger partial charge in [0, 0.05) is 26.6 Å². The van der Waals surface area contributed by atoms with Crippen LogP contribution in [-0.4, -0.2) is 54.1 Å². The van der Waals surface area contributed by atoms with E-state index in [1.807, 2.05) is 35.0 Å². The van der Waals surface area contributed by atoms with E-state index in [0.29, 0.717) is 19.8 Å². The molecular formula is C18H27IN6O2. The topological polar surface area (TPSA) is 85.6 Å². The molecule has 0 amide bonds. The minimum absolute atomic E-state index is 0. The predicted octanol–water partition coefficient (Wildman–Crippen LogP) is 1.60. The molecule has 3 rings (SSSR count). The average molecular weight is 486 g/mol. The molecule has 148 valence electrons. The molecule has 0 fully saturated rings. The number of fused-ring (bicyclic) bond motifs is 1. The van der Waals surface area contributed by atoms with Crippen molar-refractivity contribution < 1.29 is 9.47 Å². The predicted molar refractivity (Wildman–Crippen MR) is 115 cm³/mol. The second-order valence-electron chi connectivity index (χ2n) is 6.10. The van der Waals surface area contributed by atoms with Gasteiger partial charge in [-0.05, 0) is 18.6 Å². The lowest BCUT2D eigenvalue weighted by Gasteiger charge is -2.25. The summed E-state index contributed by atoms with van der Waals surface area (Å²) >= 11 is 0. The standard InChI is InChI=1S/C18H26N6O2.HI/c1-19-18(20-10-11-26-15-6-4-3-5-7-15)21-14-8-9-17-22-16(13-25-2)23-24(17)12-14;/h3-7,14H,8-13H2,1-2H3,(H2,19,20,21);1H. The van der Waals surface area contributed by atoms with Crippen molar-refractivity contribution in [2.24, 2.45) is 4.99 Å². The Labute approximate surface area is 176 Å². The molecule has 1 unspecified atom stereocenters. The number of hydrogen-bond donors (Lipinski definition) is 2. The van der Waals surface area contributed by atoms with Crippen molar-refractivity contribution in [2.45, 2.75) is 32.0 Å². The minimum Gasteiger partial charge on any atom is -0.492 e. The van der Waals surface area contributed by atoms with E-state index >= 15 is 0 Å². The van der Waals surface area contributed by atoms with Crippen molar-refractivity contribution in [3.63, 3.8) is 0 Å². The number of hydrogen-bond acceptors (Lipinski definition) is 5. The Morgan fingerprint density at radius 2 is 2.15 bits per heavy atom. The number of guanidine groups is 1. The molecule has 0 bridgehead atoms. The summed E-state index contributed by atoms with van der Waals surface area (Å²) < 4.78 is 12.7. The number of nitrogens with zero attached hydrogens (tertiary/aromatic N) is 4. The maximum atomic E-state index is 5.68. The number of aromatic nitrogens is 3. The van der Waals surface area contributed by atoms with E-state index in [-0.39, 0.29) is 30.0 Å². The number of aryl methyl sites for hydroxylation is 1. The van der Waals surface area contributed by atoms with Crippen molar-refractivity contribution in [3.05, 3.63) is 42.0 Å². The van der Waals surface area contributed by atoms with Gasteiger partial charge in [-0.15, -0.1) is 24.0 Å². The van der Waals surface area contributed by atoms with Crippen molar-refractivity contribution in [1.29, 1.82) is 0 Å². The molecule has 2 aromatic rings. The van der Waals surface area contributed by atoms with E-state index in [1.54, 1.807) is 14.2 Å². The number of benzene rings is 1. The highest BCUT2D eigenvalue weighted by atomic mass is 127. The van der Waals surface area contributed by atoms with Crippen LogP contribution < -0.4 is 15.4 Å². The van der Waals surface area contributed by atoms with Crippen LogP contribution in [0.2, 0.25) is 0 Å². The molecule has 0 radical (unpaired) electrons. The van der Waals surface area contributed by atoms with Crippen LogP contribution in [0.1, 0.15) is 18.1 Å². The Bertz CT molecular complexity index is 722. The lowest BCUT2D eigenvalue weighted by Crippen LogP contribution is -2.47. The normalized spacial score (nSPS) is 16.2. The molecule has 1 aromatic carbocycles. The second-order valence-corrected chi connectivity index (χ2v) is 6.10. The summed E-state index contributed by atoms with van der Waals surface area (Å²) in [6.45, 7) is 2.47. The average Bonchev–Trinajstić information content (AvgIpc) is 3.07. The van der Waals surface area contributed by atoms with Crippen LogP contribution in [0.15, 0.2) is 35.3 Å². The second kappa shape index (κ2) is 11.1. The molecule has 1 aliphatic heterocycles. The lowest BCUT2D eigenvalue weighted by molar-refractivity contribution is 0.177. The Morgan fingerprint density at radius 3 is 2.89 bits per heavy atom. The van der Waals surface area contributed by atoms with E-state index in [9.17, 15) is 0 Å². The first-order valence-electron chi connectivity index (χ1n) is 8.85. The van der Waals surface area contributed by atoms with Gasteiger partial charge in [-0.2, -0.15) is 5.10 Å². The zero-order chi connectivity index (χ0) is 18.2. The zero-order valence-electron chi connectivity index (χ0n) is 15.7. The molecule has 8 nitrogen and oxygen atoms in total. The summed E-state index contributed by atoms with van der Waals surface area (Å²) in [7, 11) is 3.43. The summed E-state index contributed by atoms with van der Waals surface area (Å²) in [5.41, 5.74) is 0. The molecule has 0 spiro atoms. The fraction of sp³-hybridized carbons (Fsp3) is 0.500. The van der Waals surface area contributed by atoms with Crippen LogP contribution in [0.3, 0.4) is 0 Å². The molecular weight excluding hydrogens is 459 g/mol. The largest absolute Gasteiger partial charge is 0.492 e. The van der Waals surface area contributed by atoms with E-state index in [1.165, 1.54) is 0 Å². The van der Waals surface area contributed by atoms with Crippen LogP contribution in [0.5, 0.6) is 5.75 Å². The summed E-state index contributed by atoms with van der Waals surface area (Å²) in [4.78, 5) is 8.79. The third-order valence-corrected chi connectivity index (χ3v) is 4.15. The molecule has 0 saturated carbocycles.